The van der Waals surface area contributed by atoms with E-state index in [0.717, 1.165) is 25.3 Å². The highest BCUT2D eigenvalue weighted by molar-refractivity contribution is 5.23. The van der Waals surface area contributed by atoms with Gasteiger partial charge in [0.05, 0.1) is 6.54 Å². The quantitative estimate of drug-likeness (QED) is 0.917. The van der Waals surface area contributed by atoms with Gasteiger partial charge in [0.1, 0.15) is 0 Å². The Morgan fingerprint density at radius 2 is 2.05 bits per heavy atom. The lowest BCUT2D eigenvalue weighted by molar-refractivity contribution is 0.263. The van der Waals surface area contributed by atoms with Crippen molar-refractivity contribution in [2.24, 2.45) is 11.7 Å². The third-order valence-corrected chi connectivity index (χ3v) is 4.13. The third-order valence-electron chi connectivity index (χ3n) is 4.13. The van der Waals surface area contributed by atoms with Gasteiger partial charge in [0.2, 0.25) is 5.89 Å². The van der Waals surface area contributed by atoms with Gasteiger partial charge in [-0.25, -0.2) is 0 Å². The molecule has 1 aromatic carbocycles. The third kappa shape index (κ3) is 3.54. The van der Waals surface area contributed by atoms with E-state index >= 15 is 0 Å². The van der Waals surface area contributed by atoms with Gasteiger partial charge in [0.15, 0.2) is 5.82 Å². The van der Waals surface area contributed by atoms with Crippen molar-refractivity contribution in [1.82, 2.24) is 15.0 Å². The molecule has 0 saturated carbocycles. The average molecular weight is 300 g/mol. The minimum atomic E-state index is 0.153. The molecule has 2 heterocycles. The normalized spacial score (nSPS) is 22.5. The van der Waals surface area contributed by atoms with E-state index in [1.807, 2.05) is 6.07 Å². The maximum Gasteiger partial charge on any atom is 0.240 e. The molecular weight excluding hydrogens is 276 g/mol. The average Bonchev–Trinajstić information content (AvgIpc) is 3.06. The van der Waals surface area contributed by atoms with E-state index in [2.05, 4.69) is 53.2 Å². The second kappa shape index (κ2) is 6.58. The van der Waals surface area contributed by atoms with Crippen LogP contribution in [0.15, 0.2) is 34.9 Å². The summed E-state index contributed by atoms with van der Waals surface area (Å²) >= 11 is 0. The number of aromatic nitrogens is 2. The lowest BCUT2D eigenvalue weighted by Crippen LogP contribution is -2.28. The SMILES string of the molecule is CC(C)Cc1noc(CN2C[C@@H](N)[C@H](c3ccccc3)C2)n1. The predicted octanol–water partition coefficient (Wildman–Crippen LogP) is 2.19. The van der Waals surface area contributed by atoms with Gasteiger partial charge in [-0.05, 0) is 11.5 Å². The van der Waals surface area contributed by atoms with Gasteiger partial charge in [0.25, 0.3) is 0 Å². The number of likely N-dealkylation sites (tertiary alicyclic amines) is 1. The van der Waals surface area contributed by atoms with Crippen molar-refractivity contribution in [3.05, 3.63) is 47.6 Å². The van der Waals surface area contributed by atoms with Gasteiger partial charge in [0, 0.05) is 31.5 Å². The summed E-state index contributed by atoms with van der Waals surface area (Å²) in [7, 11) is 0. The standard InChI is InChI=1S/C17H24N4O/c1-12(2)8-16-19-17(22-20-16)11-21-9-14(15(18)10-21)13-6-4-3-5-7-13/h3-7,12,14-15H,8-11,18H2,1-2H3/t14-,15+/m0/s1. The molecule has 0 bridgehead atoms. The number of benzene rings is 1. The molecule has 0 unspecified atom stereocenters. The van der Waals surface area contributed by atoms with E-state index in [9.17, 15) is 0 Å². The predicted molar refractivity (Wildman–Crippen MR) is 85.3 cm³/mol. The maximum atomic E-state index is 6.32. The molecule has 2 atom stereocenters. The second-order valence-electron chi connectivity index (χ2n) is 6.58. The topological polar surface area (TPSA) is 68.2 Å². The van der Waals surface area contributed by atoms with Crippen LogP contribution in [0.4, 0.5) is 0 Å². The number of hydrogen-bond donors (Lipinski definition) is 1. The number of nitrogens with two attached hydrogens (primary N) is 1. The van der Waals surface area contributed by atoms with Gasteiger partial charge >= 0.3 is 0 Å². The first-order valence-electron chi connectivity index (χ1n) is 7.96. The van der Waals surface area contributed by atoms with Crippen LogP contribution in [0.1, 0.15) is 37.0 Å². The van der Waals surface area contributed by atoms with E-state index in [1.165, 1.54) is 5.56 Å². The van der Waals surface area contributed by atoms with E-state index in [-0.39, 0.29) is 6.04 Å². The summed E-state index contributed by atoms with van der Waals surface area (Å²) in [5.41, 5.74) is 7.63. The number of hydrogen-bond acceptors (Lipinski definition) is 5. The van der Waals surface area contributed by atoms with Gasteiger partial charge in [-0.15, -0.1) is 0 Å². The lowest BCUT2D eigenvalue weighted by atomic mass is 9.95. The zero-order chi connectivity index (χ0) is 15.5. The summed E-state index contributed by atoms with van der Waals surface area (Å²) in [6, 6.07) is 10.6. The van der Waals surface area contributed by atoms with Crippen molar-refractivity contribution < 1.29 is 4.52 Å². The fourth-order valence-corrected chi connectivity index (χ4v) is 3.09. The molecule has 1 aliphatic rings. The second-order valence-corrected chi connectivity index (χ2v) is 6.58. The number of rotatable bonds is 5. The molecule has 0 aliphatic carbocycles. The molecule has 3 rings (SSSR count). The van der Waals surface area contributed by atoms with E-state index in [1.54, 1.807) is 0 Å². The fourth-order valence-electron chi connectivity index (χ4n) is 3.09. The van der Waals surface area contributed by atoms with Crippen LogP contribution in [0.2, 0.25) is 0 Å². The summed E-state index contributed by atoms with van der Waals surface area (Å²) in [5.74, 6) is 2.40. The zero-order valence-electron chi connectivity index (χ0n) is 13.3. The summed E-state index contributed by atoms with van der Waals surface area (Å²) in [6.07, 6.45) is 0.857. The summed E-state index contributed by atoms with van der Waals surface area (Å²) in [6.45, 7) is 6.79. The first kappa shape index (κ1) is 15.2. The Morgan fingerprint density at radius 3 is 2.77 bits per heavy atom. The molecule has 118 valence electrons. The Labute approximate surface area is 131 Å². The van der Waals surface area contributed by atoms with Crippen LogP contribution in [-0.2, 0) is 13.0 Å². The Hall–Kier alpha value is -1.72. The molecule has 0 radical (unpaired) electrons. The monoisotopic (exact) mass is 300 g/mol. The van der Waals surface area contributed by atoms with E-state index in [0.29, 0.717) is 24.3 Å². The van der Waals surface area contributed by atoms with Crippen molar-refractivity contribution >= 4 is 0 Å². The Morgan fingerprint density at radius 1 is 1.27 bits per heavy atom. The first-order valence-corrected chi connectivity index (χ1v) is 7.96. The lowest BCUT2D eigenvalue weighted by Gasteiger charge is -2.14. The maximum absolute atomic E-state index is 6.32. The summed E-state index contributed by atoms with van der Waals surface area (Å²) in [4.78, 5) is 6.78. The minimum absolute atomic E-state index is 0.153. The molecule has 1 saturated heterocycles. The molecule has 2 N–H and O–H groups in total. The van der Waals surface area contributed by atoms with Crippen molar-refractivity contribution in [3.63, 3.8) is 0 Å². The first-order chi connectivity index (χ1) is 10.6. The van der Waals surface area contributed by atoms with Crippen molar-refractivity contribution in [3.8, 4) is 0 Å². The van der Waals surface area contributed by atoms with Gasteiger partial charge in [-0.1, -0.05) is 49.3 Å². The Bertz CT molecular complexity index is 596. The fraction of sp³-hybridized carbons (Fsp3) is 0.529. The Kier molecular flexibility index (Phi) is 4.55. The smallest absolute Gasteiger partial charge is 0.240 e. The van der Waals surface area contributed by atoms with Crippen LogP contribution in [-0.4, -0.2) is 34.2 Å². The summed E-state index contributed by atoms with van der Waals surface area (Å²) < 4.78 is 5.36. The molecule has 0 amide bonds. The van der Waals surface area contributed by atoms with Crippen LogP contribution in [0.3, 0.4) is 0 Å². The Balaban J connectivity index is 1.61. The van der Waals surface area contributed by atoms with Crippen LogP contribution >= 0.6 is 0 Å². The summed E-state index contributed by atoms with van der Waals surface area (Å²) in [5, 5.41) is 4.05. The van der Waals surface area contributed by atoms with Crippen LogP contribution in [0, 0.1) is 5.92 Å². The van der Waals surface area contributed by atoms with E-state index < -0.39 is 0 Å². The molecule has 1 fully saturated rings. The molecule has 2 aromatic rings. The van der Waals surface area contributed by atoms with Gasteiger partial charge in [-0.3, -0.25) is 4.90 Å². The van der Waals surface area contributed by atoms with Crippen LogP contribution < -0.4 is 5.73 Å². The highest BCUT2D eigenvalue weighted by atomic mass is 16.5. The largest absolute Gasteiger partial charge is 0.338 e. The molecule has 1 aliphatic heterocycles. The molecule has 5 heteroatoms. The van der Waals surface area contributed by atoms with Gasteiger partial charge in [-0.2, -0.15) is 4.98 Å². The van der Waals surface area contributed by atoms with Crippen molar-refractivity contribution in [2.45, 2.75) is 38.8 Å². The zero-order valence-corrected chi connectivity index (χ0v) is 13.3. The van der Waals surface area contributed by atoms with Crippen LogP contribution in [0.5, 0.6) is 0 Å². The molecule has 5 nitrogen and oxygen atoms in total. The molecule has 0 spiro atoms. The van der Waals surface area contributed by atoms with Crippen molar-refractivity contribution in [1.29, 1.82) is 0 Å². The van der Waals surface area contributed by atoms with Crippen molar-refractivity contribution in [2.75, 3.05) is 13.1 Å². The van der Waals surface area contributed by atoms with E-state index in [4.69, 9.17) is 10.3 Å². The van der Waals surface area contributed by atoms with Crippen LogP contribution in [0.25, 0.3) is 0 Å². The molecule has 1 aromatic heterocycles. The highest BCUT2D eigenvalue weighted by Crippen LogP contribution is 2.27. The minimum Gasteiger partial charge on any atom is -0.338 e. The molecular formula is C17H24N4O. The molecule has 22 heavy (non-hydrogen) atoms. The number of nitrogens with zero attached hydrogens (tertiary/aromatic N) is 3. The van der Waals surface area contributed by atoms with Gasteiger partial charge < -0.3 is 10.3 Å². The highest BCUT2D eigenvalue weighted by Gasteiger charge is 2.31.